The maximum absolute atomic E-state index is 9.60. The Labute approximate surface area is 143 Å². The molecular weight excluding hydrogens is 312 g/mol. The van der Waals surface area contributed by atoms with Crippen molar-refractivity contribution in [3.05, 3.63) is 66.2 Å². The topological polar surface area (TPSA) is 107 Å². The lowest BCUT2D eigenvalue weighted by atomic mass is 9.98. The number of nitrogens with zero attached hydrogens (tertiary/aromatic N) is 4. The third-order valence-corrected chi connectivity index (χ3v) is 4.05. The summed E-state index contributed by atoms with van der Waals surface area (Å²) in [5.74, 6) is 0.465. The van der Waals surface area contributed by atoms with E-state index in [0.29, 0.717) is 28.0 Å². The van der Waals surface area contributed by atoms with E-state index in [2.05, 4.69) is 16.2 Å². The van der Waals surface area contributed by atoms with Crippen molar-refractivity contribution in [3.8, 4) is 22.9 Å². The predicted molar refractivity (Wildman–Crippen MR) is 97.8 cm³/mol. The van der Waals surface area contributed by atoms with E-state index in [1.807, 2.05) is 60.7 Å². The molecule has 0 spiro atoms. The number of hydrogen-bond acceptors (Lipinski definition) is 5. The molecule has 0 radical (unpaired) electrons. The molecule has 25 heavy (non-hydrogen) atoms. The number of anilines is 2. The Morgan fingerprint density at radius 1 is 0.880 bits per heavy atom. The molecule has 4 rings (SSSR count). The summed E-state index contributed by atoms with van der Waals surface area (Å²) in [6, 6.07) is 21.2. The minimum absolute atomic E-state index is 0.158. The number of pyridine rings is 1. The van der Waals surface area contributed by atoms with Gasteiger partial charge in [0.15, 0.2) is 11.5 Å². The molecule has 2 aromatic carbocycles. The van der Waals surface area contributed by atoms with E-state index in [1.165, 1.54) is 0 Å². The molecule has 0 fully saturated rings. The van der Waals surface area contributed by atoms with Gasteiger partial charge in [0.05, 0.1) is 11.1 Å². The summed E-state index contributed by atoms with van der Waals surface area (Å²) in [7, 11) is 0. The molecule has 0 atom stereocenters. The summed E-state index contributed by atoms with van der Waals surface area (Å²) < 4.78 is 1.65. The third-order valence-electron chi connectivity index (χ3n) is 4.05. The highest BCUT2D eigenvalue weighted by Crippen LogP contribution is 2.37. The van der Waals surface area contributed by atoms with Gasteiger partial charge in [-0.1, -0.05) is 48.5 Å². The zero-order valence-corrected chi connectivity index (χ0v) is 13.2. The van der Waals surface area contributed by atoms with Gasteiger partial charge in [0.1, 0.15) is 17.5 Å². The Kier molecular flexibility index (Phi) is 3.33. The molecule has 4 aromatic rings. The maximum Gasteiger partial charge on any atom is 0.168 e. The highest BCUT2D eigenvalue weighted by Gasteiger charge is 2.21. The Bertz CT molecular complexity index is 1110. The number of benzene rings is 2. The number of rotatable bonds is 2. The monoisotopic (exact) mass is 326 g/mol. The van der Waals surface area contributed by atoms with E-state index in [9.17, 15) is 5.26 Å². The van der Waals surface area contributed by atoms with Crippen LogP contribution in [0.3, 0.4) is 0 Å². The van der Waals surface area contributed by atoms with Crippen LogP contribution in [0.1, 0.15) is 5.56 Å². The standard InChI is InChI=1S/C19H14N6/c20-11-14-15(12-7-3-1-4-8-12)16-18(22)24-25(19(16)23-17(14)21)13-9-5-2-6-10-13/h1-10H,(H2,21,23)(H2,22,24). The molecule has 0 aliphatic rings. The van der Waals surface area contributed by atoms with Gasteiger partial charge < -0.3 is 11.5 Å². The molecule has 2 heterocycles. The van der Waals surface area contributed by atoms with Crippen LogP contribution >= 0.6 is 0 Å². The van der Waals surface area contributed by atoms with Gasteiger partial charge in [0.2, 0.25) is 0 Å². The first-order chi connectivity index (χ1) is 12.2. The van der Waals surface area contributed by atoms with E-state index in [4.69, 9.17) is 11.5 Å². The number of hydrogen-bond donors (Lipinski definition) is 2. The van der Waals surface area contributed by atoms with Crippen LogP contribution in [0.15, 0.2) is 60.7 Å². The second kappa shape index (κ2) is 5.65. The molecule has 0 aliphatic carbocycles. The molecule has 0 amide bonds. The zero-order valence-electron chi connectivity index (χ0n) is 13.2. The minimum Gasteiger partial charge on any atom is -0.383 e. The van der Waals surface area contributed by atoms with Gasteiger partial charge in [-0.2, -0.15) is 5.26 Å². The highest BCUT2D eigenvalue weighted by atomic mass is 15.3. The lowest BCUT2D eigenvalue weighted by Gasteiger charge is -2.09. The van der Waals surface area contributed by atoms with Gasteiger partial charge in [-0.25, -0.2) is 9.67 Å². The van der Waals surface area contributed by atoms with Gasteiger partial charge >= 0.3 is 0 Å². The number of para-hydroxylation sites is 1. The van der Waals surface area contributed by atoms with Gasteiger partial charge in [-0.3, -0.25) is 0 Å². The van der Waals surface area contributed by atoms with E-state index < -0.39 is 0 Å². The second-order valence-corrected chi connectivity index (χ2v) is 5.56. The summed E-state index contributed by atoms with van der Waals surface area (Å²) in [5, 5.41) is 14.7. The van der Waals surface area contributed by atoms with Crippen LogP contribution in [0, 0.1) is 11.3 Å². The Hall–Kier alpha value is -3.85. The van der Waals surface area contributed by atoms with Crippen molar-refractivity contribution in [3.63, 3.8) is 0 Å². The van der Waals surface area contributed by atoms with Gasteiger partial charge in [-0.05, 0) is 17.7 Å². The lowest BCUT2D eigenvalue weighted by molar-refractivity contribution is 0.903. The van der Waals surface area contributed by atoms with Crippen molar-refractivity contribution in [1.82, 2.24) is 14.8 Å². The fraction of sp³-hybridized carbons (Fsp3) is 0. The first-order valence-electron chi connectivity index (χ1n) is 7.69. The van der Waals surface area contributed by atoms with Crippen LogP contribution in [0.4, 0.5) is 11.6 Å². The highest BCUT2D eigenvalue weighted by molar-refractivity contribution is 6.04. The van der Waals surface area contributed by atoms with Crippen molar-refractivity contribution in [1.29, 1.82) is 5.26 Å². The van der Waals surface area contributed by atoms with E-state index in [0.717, 1.165) is 11.3 Å². The summed E-state index contributed by atoms with van der Waals surface area (Å²) in [4.78, 5) is 4.41. The van der Waals surface area contributed by atoms with Crippen LogP contribution in [-0.2, 0) is 0 Å². The molecule has 0 saturated carbocycles. The summed E-state index contributed by atoms with van der Waals surface area (Å²) in [6.45, 7) is 0. The van der Waals surface area contributed by atoms with Crippen molar-refractivity contribution >= 4 is 22.7 Å². The number of nitrogen functional groups attached to an aromatic ring is 2. The SMILES string of the molecule is N#Cc1c(N)nc2c(c(N)nn2-c2ccccc2)c1-c1ccccc1. The Balaban J connectivity index is 2.14. The lowest BCUT2D eigenvalue weighted by Crippen LogP contribution is -2.02. The van der Waals surface area contributed by atoms with Gasteiger partial charge in [-0.15, -0.1) is 5.10 Å². The molecule has 6 heteroatoms. The van der Waals surface area contributed by atoms with Crippen LogP contribution in [0.25, 0.3) is 27.8 Å². The second-order valence-electron chi connectivity index (χ2n) is 5.56. The molecule has 0 bridgehead atoms. The molecular formula is C19H14N6. The fourth-order valence-corrected chi connectivity index (χ4v) is 2.95. The van der Waals surface area contributed by atoms with Crippen molar-refractivity contribution < 1.29 is 0 Å². The molecule has 0 unspecified atom stereocenters. The zero-order chi connectivity index (χ0) is 17.4. The van der Waals surface area contributed by atoms with Crippen LogP contribution in [0.2, 0.25) is 0 Å². The van der Waals surface area contributed by atoms with Crippen molar-refractivity contribution in [2.75, 3.05) is 11.5 Å². The first-order valence-corrected chi connectivity index (χ1v) is 7.69. The number of aromatic nitrogens is 3. The largest absolute Gasteiger partial charge is 0.383 e. The summed E-state index contributed by atoms with van der Waals surface area (Å²) >= 11 is 0. The Morgan fingerprint density at radius 2 is 1.52 bits per heavy atom. The van der Waals surface area contributed by atoms with E-state index in [-0.39, 0.29) is 5.82 Å². The number of nitrogens with two attached hydrogens (primary N) is 2. The molecule has 2 aromatic heterocycles. The van der Waals surface area contributed by atoms with Crippen molar-refractivity contribution in [2.24, 2.45) is 0 Å². The summed E-state index contributed by atoms with van der Waals surface area (Å²) in [6.07, 6.45) is 0. The number of fused-ring (bicyclic) bond motifs is 1. The smallest absolute Gasteiger partial charge is 0.168 e. The minimum atomic E-state index is 0.158. The van der Waals surface area contributed by atoms with Crippen molar-refractivity contribution in [2.45, 2.75) is 0 Å². The van der Waals surface area contributed by atoms with E-state index >= 15 is 0 Å². The van der Waals surface area contributed by atoms with Gasteiger partial charge in [0, 0.05) is 5.56 Å². The maximum atomic E-state index is 9.60. The average Bonchev–Trinajstić information content (AvgIpc) is 2.98. The van der Waals surface area contributed by atoms with Crippen LogP contribution < -0.4 is 11.5 Å². The van der Waals surface area contributed by atoms with Gasteiger partial charge in [0.25, 0.3) is 0 Å². The summed E-state index contributed by atoms with van der Waals surface area (Å²) in [5.41, 5.74) is 15.4. The molecule has 6 nitrogen and oxygen atoms in total. The van der Waals surface area contributed by atoms with E-state index in [1.54, 1.807) is 4.68 Å². The van der Waals surface area contributed by atoms with Crippen LogP contribution in [-0.4, -0.2) is 14.8 Å². The fourth-order valence-electron chi connectivity index (χ4n) is 2.95. The third kappa shape index (κ3) is 2.26. The first kappa shape index (κ1) is 14.7. The molecule has 0 aliphatic heterocycles. The molecule has 4 N–H and O–H groups in total. The predicted octanol–water partition coefficient (Wildman–Crippen LogP) is 3.12. The number of nitriles is 1. The quantitative estimate of drug-likeness (QED) is 0.588. The normalized spacial score (nSPS) is 10.7. The molecule has 120 valence electrons. The molecule has 0 saturated heterocycles. The Morgan fingerprint density at radius 3 is 2.16 bits per heavy atom. The van der Waals surface area contributed by atoms with Crippen LogP contribution in [0.5, 0.6) is 0 Å². The average molecular weight is 326 g/mol.